The van der Waals surface area contributed by atoms with E-state index >= 15 is 0 Å². The zero-order chi connectivity index (χ0) is 34.2. The minimum absolute atomic E-state index is 0.897. The molecule has 52 heavy (non-hydrogen) atoms. The van der Waals surface area contributed by atoms with Crippen molar-refractivity contribution in [2.45, 2.75) is 0 Å². The molecule has 11 aromatic rings. The van der Waals surface area contributed by atoms with E-state index in [2.05, 4.69) is 193 Å². The van der Waals surface area contributed by atoms with E-state index in [1.807, 2.05) is 0 Å². The van der Waals surface area contributed by atoms with Gasteiger partial charge in [0.25, 0.3) is 0 Å². The standard InChI is InChI=1S/C50H31NO/c1-2-14-34-31-49-46(29-33(34)13-1)45-22-11-21-44(50(45)52-49)43-20-9-10-23-47(43)51(37-26-27-40-36(28-37)25-24-32-12-3-5-16-38(32)40)48-30-35-15-4-6-17-39(35)41-18-7-8-19-42(41)48/h1-31H. The van der Waals surface area contributed by atoms with Gasteiger partial charge in [-0.3, -0.25) is 0 Å². The molecule has 0 radical (unpaired) electrons. The molecule has 1 aromatic heterocycles. The second kappa shape index (κ2) is 11.3. The van der Waals surface area contributed by atoms with Crippen LogP contribution >= 0.6 is 0 Å². The summed E-state index contributed by atoms with van der Waals surface area (Å²) in [7, 11) is 0. The smallest absolute Gasteiger partial charge is 0.143 e. The lowest BCUT2D eigenvalue weighted by molar-refractivity contribution is 0.670. The first-order chi connectivity index (χ1) is 25.8. The number of para-hydroxylation sites is 2. The molecule has 0 amide bonds. The topological polar surface area (TPSA) is 16.4 Å². The fourth-order valence-electron chi connectivity index (χ4n) is 8.36. The molecule has 242 valence electrons. The molecule has 1 heterocycles. The predicted molar refractivity (Wildman–Crippen MR) is 221 cm³/mol. The number of fused-ring (bicyclic) bond motifs is 10. The van der Waals surface area contributed by atoms with E-state index in [1.54, 1.807) is 0 Å². The fraction of sp³-hybridized carbons (Fsp3) is 0. The van der Waals surface area contributed by atoms with E-state index in [0.717, 1.165) is 50.1 Å². The lowest BCUT2D eigenvalue weighted by Gasteiger charge is -2.30. The zero-order valence-electron chi connectivity index (χ0n) is 28.3. The molecule has 0 unspecified atom stereocenters. The van der Waals surface area contributed by atoms with Gasteiger partial charge in [-0.15, -0.1) is 0 Å². The van der Waals surface area contributed by atoms with Gasteiger partial charge < -0.3 is 9.32 Å². The number of benzene rings is 10. The molecule has 10 aromatic carbocycles. The molecule has 0 aliphatic carbocycles. The van der Waals surface area contributed by atoms with Crippen LogP contribution < -0.4 is 4.90 Å². The van der Waals surface area contributed by atoms with Crippen LogP contribution in [-0.2, 0) is 0 Å². The first kappa shape index (κ1) is 28.9. The Morgan fingerprint density at radius 2 is 0.885 bits per heavy atom. The highest BCUT2D eigenvalue weighted by Crippen LogP contribution is 2.48. The minimum Gasteiger partial charge on any atom is -0.455 e. The van der Waals surface area contributed by atoms with Gasteiger partial charge in [-0.1, -0.05) is 152 Å². The Hall–Kier alpha value is -6.90. The molecule has 0 N–H and O–H groups in total. The number of anilines is 3. The summed E-state index contributed by atoms with van der Waals surface area (Å²) in [6.07, 6.45) is 0. The van der Waals surface area contributed by atoms with Gasteiger partial charge in [-0.05, 0) is 84.9 Å². The second-order valence-electron chi connectivity index (χ2n) is 13.7. The summed E-state index contributed by atoms with van der Waals surface area (Å²) in [5.41, 5.74) is 7.28. The van der Waals surface area contributed by atoms with Crippen molar-refractivity contribution in [2.24, 2.45) is 0 Å². The highest BCUT2D eigenvalue weighted by Gasteiger charge is 2.23. The maximum Gasteiger partial charge on any atom is 0.143 e. The first-order valence-corrected chi connectivity index (χ1v) is 17.8. The van der Waals surface area contributed by atoms with Gasteiger partial charge in [0.15, 0.2) is 0 Å². The van der Waals surface area contributed by atoms with E-state index in [-0.39, 0.29) is 0 Å². The van der Waals surface area contributed by atoms with Crippen molar-refractivity contribution < 1.29 is 4.42 Å². The van der Waals surface area contributed by atoms with Crippen molar-refractivity contribution in [2.75, 3.05) is 4.90 Å². The van der Waals surface area contributed by atoms with Crippen molar-refractivity contribution >= 4 is 92.9 Å². The lowest BCUT2D eigenvalue weighted by atomic mass is 9.96. The minimum atomic E-state index is 0.897. The molecule has 0 saturated heterocycles. The van der Waals surface area contributed by atoms with E-state index < -0.39 is 0 Å². The first-order valence-electron chi connectivity index (χ1n) is 17.8. The van der Waals surface area contributed by atoms with Crippen LogP contribution in [0.25, 0.3) is 86.9 Å². The molecule has 2 heteroatoms. The molecule has 0 aliphatic heterocycles. The van der Waals surface area contributed by atoms with Crippen molar-refractivity contribution in [3.05, 3.63) is 188 Å². The van der Waals surface area contributed by atoms with Gasteiger partial charge in [-0.2, -0.15) is 0 Å². The van der Waals surface area contributed by atoms with Crippen molar-refractivity contribution in [1.29, 1.82) is 0 Å². The summed E-state index contributed by atoms with van der Waals surface area (Å²) < 4.78 is 6.80. The third-order valence-electron chi connectivity index (χ3n) is 10.8. The Morgan fingerprint density at radius 3 is 1.73 bits per heavy atom. The van der Waals surface area contributed by atoms with Crippen molar-refractivity contribution in [3.8, 4) is 11.1 Å². The lowest BCUT2D eigenvalue weighted by Crippen LogP contribution is -2.12. The van der Waals surface area contributed by atoms with Crippen LogP contribution in [0.15, 0.2) is 192 Å². The van der Waals surface area contributed by atoms with Gasteiger partial charge in [0.1, 0.15) is 11.2 Å². The molecule has 0 spiro atoms. The number of hydrogen-bond acceptors (Lipinski definition) is 2. The summed E-state index contributed by atoms with van der Waals surface area (Å²) in [4.78, 5) is 2.45. The molecular formula is C50H31NO. The fourth-order valence-corrected chi connectivity index (χ4v) is 8.36. The summed E-state index contributed by atoms with van der Waals surface area (Å²) in [6.45, 7) is 0. The van der Waals surface area contributed by atoms with Crippen LogP contribution in [0.1, 0.15) is 0 Å². The molecule has 2 nitrogen and oxygen atoms in total. The number of hydrogen-bond donors (Lipinski definition) is 0. The number of rotatable bonds is 4. The Labute approximate surface area is 300 Å². The maximum atomic E-state index is 6.80. The summed E-state index contributed by atoms with van der Waals surface area (Å²) in [5.74, 6) is 0. The van der Waals surface area contributed by atoms with Crippen LogP contribution in [0.5, 0.6) is 0 Å². The van der Waals surface area contributed by atoms with Gasteiger partial charge >= 0.3 is 0 Å². The van der Waals surface area contributed by atoms with Crippen LogP contribution in [-0.4, -0.2) is 0 Å². The highest BCUT2D eigenvalue weighted by atomic mass is 16.3. The molecule has 0 fully saturated rings. The largest absolute Gasteiger partial charge is 0.455 e. The molecule has 0 bridgehead atoms. The van der Waals surface area contributed by atoms with Gasteiger partial charge in [-0.25, -0.2) is 0 Å². The molecule has 11 rings (SSSR count). The van der Waals surface area contributed by atoms with E-state index in [1.165, 1.54) is 53.9 Å². The Balaban J connectivity index is 1.21. The Morgan fingerprint density at radius 1 is 0.308 bits per heavy atom. The SMILES string of the molecule is c1ccc(N(c2ccc3c(ccc4ccccc43)c2)c2cc3ccccc3c3ccccc23)c(-c2cccc3c2oc2cc4ccccc4cc23)c1. The van der Waals surface area contributed by atoms with Crippen LogP contribution in [0.3, 0.4) is 0 Å². The number of furan rings is 1. The maximum absolute atomic E-state index is 6.80. The molecule has 0 atom stereocenters. The van der Waals surface area contributed by atoms with Gasteiger partial charge in [0, 0.05) is 33.0 Å². The average Bonchev–Trinajstić information content (AvgIpc) is 3.58. The second-order valence-corrected chi connectivity index (χ2v) is 13.7. The van der Waals surface area contributed by atoms with Crippen LogP contribution in [0, 0.1) is 0 Å². The van der Waals surface area contributed by atoms with E-state index in [4.69, 9.17) is 4.42 Å². The Kier molecular flexibility index (Phi) is 6.28. The quantitative estimate of drug-likeness (QED) is 0.175. The molecule has 0 saturated carbocycles. The van der Waals surface area contributed by atoms with Gasteiger partial charge in [0.2, 0.25) is 0 Å². The van der Waals surface area contributed by atoms with Crippen LogP contribution in [0.4, 0.5) is 17.1 Å². The third-order valence-corrected chi connectivity index (χ3v) is 10.8. The molecular weight excluding hydrogens is 631 g/mol. The monoisotopic (exact) mass is 661 g/mol. The van der Waals surface area contributed by atoms with E-state index in [0.29, 0.717) is 0 Å². The van der Waals surface area contributed by atoms with Crippen molar-refractivity contribution in [3.63, 3.8) is 0 Å². The normalized spacial score (nSPS) is 11.8. The van der Waals surface area contributed by atoms with Crippen molar-refractivity contribution in [1.82, 2.24) is 0 Å². The number of nitrogens with zero attached hydrogens (tertiary/aromatic N) is 1. The summed E-state index contributed by atoms with van der Waals surface area (Å²) in [5, 5.41) is 14.5. The van der Waals surface area contributed by atoms with Crippen LogP contribution in [0.2, 0.25) is 0 Å². The Bertz CT molecular complexity index is 3210. The third kappa shape index (κ3) is 4.38. The molecule has 0 aliphatic rings. The average molecular weight is 662 g/mol. The van der Waals surface area contributed by atoms with Gasteiger partial charge in [0.05, 0.1) is 11.4 Å². The zero-order valence-corrected chi connectivity index (χ0v) is 28.3. The highest BCUT2D eigenvalue weighted by molar-refractivity contribution is 6.17. The summed E-state index contributed by atoms with van der Waals surface area (Å²) >= 11 is 0. The summed E-state index contributed by atoms with van der Waals surface area (Å²) in [6, 6.07) is 68.2. The predicted octanol–water partition coefficient (Wildman–Crippen LogP) is 14.5. The van der Waals surface area contributed by atoms with E-state index in [9.17, 15) is 0 Å².